The van der Waals surface area contributed by atoms with Crippen molar-refractivity contribution >= 4 is 16.9 Å². The van der Waals surface area contributed by atoms with Crippen LogP contribution in [0.15, 0.2) is 12.7 Å². The predicted octanol–water partition coefficient (Wildman–Crippen LogP) is 5.74. The molecule has 0 N–H and O–H groups in total. The number of hydrogen-bond acceptors (Lipinski definition) is 2. The van der Waals surface area contributed by atoms with E-state index in [0.717, 1.165) is 5.75 Å². The lowest BCUT2D eigenvalue weighted by Gasteiger charge is -2.02. The van der Waals surface area contributed by atoms with Crippen molar-refractivity contribution < 1.29 is 4.79 Å². The van der Waals surface area contributed by atoms with Crippen LogP contribution >= 0.6 is 11.8 Å². The molecule has 0 spiro atoms. The number of carbonyl (C=O) groups excluding carboxylic acids is 1. The van der Waals surface area contributed by atoms with E-state index in [4.69, 9.17) is 0 Å². The third kappa shape index (κ3) is 15.8. The summed E-state index contributed by atoms with van der Waals surface area (Å²) < 4.78 is 0. The fraction of sp³-hybridized carbons (Fsp3) is 0.812. The van der Waals surface area contributed by atoms with E-state index in [0.29, 0.717) is 0 Å². The molecule has 0 amide bonds. The molecule has 0 radical (unpaired) electrons. The molecular weight excluding hydrogens is 240 g/mol. The number of rotatable bonds is 13. The molecule has 1 nitrogen and oxygen atoms in total. The van der Waals surface area contributed by atoms with E-state index in [9.17, 15) is 4.79 Å². The van der Waals surface area contributed by atoms with E-state index in [1.165, 1.54) is 82.4 Å². The maximum absolute atomic E-state index is 10.7. The minimum absolute atomic E-state index is 0.256. The highest BCUT2D eigenvalue weighted by molar-refractivity contribution is 8.13. The zero-order valence-electron chi connectivity index (χ0n) is 12.1. The third-order valence-electron chi connectivity index (χ3n) is 3.11. The van der Waals surface area contributed by atoms with Crippen LogP contribution in [-0.4, -0.2) is 10.9 Å². The van der Waals surface area contributed by atoms with Gasteiger partial charge in [-0.2, -0.15) is 0 Å². The lowest BCUT2D eigenvalue weighted by molar-refractivity contribution is -0.109. The number of carbonyl (C=O) groups is 1. The fourth-order valence-electron chi connectivity index (χ4n) is 2.02. The quantitative estimate of drug-likeness (QED) is 0.313. The highest BCUT2D eigenvalue weighted by atomic mass is 32.2. The Bertz CT molecular complexity index is 201. The van der Waals surface area contributed by atoms with Crippen molar-refractivity contribution in [3.63, 3.8) is 0 Å². The molecule has 0 aromatic carbocycles. The van der Waals surface area contributed by atoms with Crippen molar-refractivity contribution in [2.45, 2.75) is 77.6 Å². The molecule has 0 aromatic heterocycles. The standard InChI is InChI=1S/C16H30OS/c1-3-4-5-6-7-8-9-10-11-12-13-14-15-18-16(2)17/h3H,1,4-15H2,2H3. The lowest BCUT2D eigenvalue weighted by atomic mass is 10.1. The van der Waals surface area contributed by atoms with Gasteiger partial charge in [0.2, 0.25) is 0 Å². The summed E-state index contributed by atoms with van der Waals surface area (Å²) in [7, 11) is 0. The predicted molar refractivity (Wildman–Crippen MR) is 84.1 cm³/mol. The molecule has 18 heavy (non-hydrogen) atoms. The number of unbranched alkanes of at least 4 members (excludes halogenated alkanes) is 10. The van der Waals surface area contributed by atoms with Crippen LogP contribution in [0.3, 0.4) is 0 Å². The SMILES string of the molecule is C=CCCCCCCCCCCCCSC(C)=O. The van der Waals surface area contributed by atoms with Crippen molar-refractivity contribution in [2.24, 2.45) is 0 Å². The first-order valence-electron chi connectivity index (χ1n) is 7.51. The summed E-state index contributed by atoms with van der Waals surface area (Å²) in [5.41, 5.74) is 0. The van der Waals surface area contributed by atoms with Crippen LogP contribution in [0.1, 0.15) is 77.6 Å². The lowest BCUT2D eigenvalue weighted by Crippen LogP contribution is -1.87. The minimum atomic E-state index is 0.256. The van der Waals surface area contributed by atoms with Gasteiger partial charge < -0.3 is 0 Å². The van der Waals surface area contributed by atoms with Gasteiger partial charge in [-0.15, -0.1) is 6.58 Å². The summed E-state index contributed by atoms with van der Waals surface area (Å²) in [6, 6.07) is 0. The topological polar surface area (TPSA) is 17.1 Å². The van der Waals surface area contributed by atoms with Gasteiger partial charge in [0.1, 0.15) is 0 Å². The van der Waals surface area contributed by atoms with Crippen molar-refractivity contribution in [1.29, 1.82) is 0 Å². The minimum Gasteiger partial charge on any atom is -0.288 e. The van der Waals surface area contributed by atoms with E-state index in [1.54, 1.807) is 6.92 Å². The van der Waals surface area contributed by atoms with Crippen molar-refractivity contribution in [3.8, 4) is 0 Å². The smallest absolute Gasteiger partial charge is 0.185 e. The average Bonchev–Trinajstić information content (AvgIpc) is 2.34. The van der Waals surface area contributed by atoms with Crippen molar-refractivity contribution in [2.75, 3.05) is 5.75 Å². The molecule has 0 unspecified atom stereocenters. The molecule has 0 saturated heterocycles. The van der Waals surface area contributed by atoms with E-state index in [2.05, 4.69) is 6.58 Å². The summed E-state index contributed by atoms with van der Waals surface area (Å²) >= 11 is 1.47. The summed E-state index contributed by atoms with van der Waals surface area (Å²) in [6.07, 6.45) is 16.7. The maximum atomic E-state index is 10.7. The Morgan fingerprint density at radius 1 is 0.889 bits per heavy atom. The maximum Gasteiger partial charge on any atom is 0.185 e. The molecule has 0 bridgehead atoms. The molecule has 0 aliphatic heterocycles. The first kappa shape index (κ1) is 17.8. The zero-order chi connectivity index (χ0) is 13.5. The zero-order valence-corrected chi connectivity index (χ0v) is 12.9. The monoisotopic (exact) mass is 270 g/mol. The first-order chi connectivity index (χ1) is 8.77. The van der Waals surface area contributed by atoms with E-state index < -0.39 is 0 Å². The van der Waals surface area contributed by atoms with Gasteiger partial charge in [-0.1, -0.05) is 69.2 Å². The Labute approximate surface area is 118 Å². The number of thioether (sulfide) groups is 1. The Kier molecular flexibility index (Phi) is 14.6. The first-order valence-corrected chi connectivity index (χ1v) is 8.50. The summed E-state index contributed by atoms with van der Waals surface area (Å²) in [5, 5.41) is 0.256. The molecule has 0 fully saturated rings. The largest absolute Gasteiger partial charge is 0.288 e. The molecular formula is C16H30OS. The molecule has 0 saturated carbocycles. The van der Waals surface area contributed by atoms with Gasteiger partial charge >= 0.3 is 0 Å². The molecule has 0 rings (SSSR count). The van der Waals surface area contributed by atoms with Crippen LogP contribution in [0.25, 0.3) is 0 Å². The van der Waals surface area contributed by atoms with Gasteiger partial charge in [-0.3, -0.25) is 4.79 Å². The molecule has 0 aromatic rings. The Morgan fingerprint density at radius 3 is 1.78 bits per heavy atom. The molecule has 0 aliphatic rings. The number of allylic oxidation sites excluding steroid dienone is 1. The molecule has 0 aliphatic carbocycles. The molecule has 0 heterocycles. The Morgan fingerprint density at radius 2 is 1.33 bits per heavy atom. The Hall–Kier alpha value is -0.240. The summed E-state index contributed by atoms with van der Waals surface area (Å²) in [4.78, 5) is 10.7. The van der Waals surface area contributed by atoms with Crippen molar-refractivity contribution in [1.82, 2.24) is 0 Å². The number of hydrogen-bond donors (Lipinski definition) is 0. The van der Waals surface area contributed by atoms with Gasteiger partial charge in [0.25, 0.3) is 0 Å². The van der Waals surface area contributed by atoms with Gasteiger partial charge in [-0.25, -0.2) is 0 Å². The molecule has 0 atom stereocenters. The molecule has 106 valence electrons. The van der Waals surface area contributed by atoms with Crippen LogP contribution < -0.4 is 0 Å². The van der Waals surface area contributed by atoms with Crippen LogP contribution in [-0.2, 0) is 4.79 Å². The van der Waals surface area contributed by atoms with Gasteiger partial charge in [-0.05, 0) is 19.3 Å². The van der Waals surface area contributed by atoms with Gasteiger partial charge in [0.05, 0.1) is 0 Å². The highest BCUT2D eigenvalue weighted by Gasteiger charge is 1.95. The Balaban J connectivity index is 2.94. The molecule has 2 heteroatoms. The van der Waals surface area contributed by atoms with E-state index >= 15 is 0 Å². The highest BCUT2D eigenvalue weighted by Crippen LogP contribution is 2.13. The second-order valence-corrected chi connectivity index (χ2v) is 6.22. The van der Waals surface area contributed by atoms with Gasteiger partial charge in [0, 0.05) is 12.7 Å². The van der Waals surface area contributed by atoms with Crippen LogP contribution in [0.2, 0.25) is 0 Å². The van der Waals surface area contributed by atoms with E-state index in [-0.39, 0.29) is 5.12 Å². The summed E-state index contributed by atoms with van der Waals surface area (Å²) in [6.45, 7) is 5.39. The van der Waals surface area contributed by atoms with Gasteiger partial charge in [0.15, 0.2) is 5.12 Å². The second kappa shape index (κ2) is 14.8. The fourth-order valence-corrected chi connectivity index (χ4v) is 2.66. The van der Waals surface area contributed by atoms with E-state index in [1.807, 2.05) is 6.08 Å². The summed E-state index contributed by atoms with van der Waals surface area (Å²) in [5.74, 6) is 1.01. The van der Waals surface area contributed by atoms with Crippen LogP contribution in [0, 0.1) is 0 Å². The normalized spacial score (nSPS) is 10.5. The van der Waals surface area contributed by atoms with Crippen LogP contribution in [0.4, 0.5) is 0 Å². The van der Waals surface area contributed by atoms with Crippen molar-refractivity contribution in [3.05, 3.63) is 12.7 Å². The third-order valence-corrected chi connectivity index (χ3v) is 4.01. The average molecular weight is 270 g/mol. The van der Waals surface area contributed by atoms with Crippen LogP contribution in [0.5, 0.6) is 0 Å². The second-order valence-electron chi connectivity index (χ2n) is 4.95.